The van der Waals surface area contributed by atoms with Crippen LogP contribution in [0.3, 0.4) is 0 Å². The van der Waals surface area contributed by atoms with E-state index in [2.05, 4.69) is 11.9 Å². The van der Waals surface area contributed by atoms with Gasteiger partial charge in [-0.2, -0.15) is 0 Å². The van der Waals surface area contributed by atoms with Crippen molar-refractivity contribution in [2.24, 2.45) is 0 Å². The number of ether oxygens (including phenoxy) is 1. The predicted octanol–water partition coefficient (Wildman–Crippen LogP) is 2.63. The van der Waals surface area contributed by atoms with E-state index in [0.717, 1.165) is 18.9 Å². The van der Waals surface area contributed by atoms with Crippen molar-refractivity contribution in [1.29, 1.82) is 0 Å². The number of aromatic carboxylic acids is 1. The van der Waals surface area contributed by atoms with Crippen molar-refractivity contribution in [1.82, 2.24) is 4.98 Å². The Balaban J connectivity index is 2.21. The van der Waals surface area contributed by atoms with Gasteiger partial charge < -0.3 is 14.8 Å². The molecule has 3 rings (SSSR count). The third-order valence-corrected chi connectivity index (χ3v) is 3.88. The van der Waals surface area contributed by atoms with Crippen LogP contribution in [0.2, 0.25) is 0 Å². The fraction of sp³-hybridized carbons (Fsp3) is 0.312. The molecule has 1 aromatic carbocycles. The lowest BCUT2D eigenvalue weighted by molar-refractivity contribution is 0.0365. The van der Waals surface area contributed by atoms with E-state index >= 15 is 0 Å². The number of carboxylic acids is 1. The molecule has 1 aliphatic rings. The van der Waals surface area contributed by atoms with Gasteiger partial charge in [-0.3, -0.25) is 4.79 Å². The maximum atomic E-state index is 12.2. The van der Waals surface area contributed by atoms with Crippen molar-refractivity contribution in [3.63, 3.8) is 0 Å². The molecule has 1 aromatic heterocycles. The standard InChI is InChI=1S/C16H15NO5/c1-2-3-4-12-8-5-6-9-14(13(8)16(21)22-12)11(18)7-10(17-9)15(19)20/h5-7,12H,2-4H2,1H3,(H,17,18)(H,19,20)/t12-/m0/s1. The van der Waals surface area contributed by atoms with Gasteiger partial charge in [0.2, 0.25) is 0 Å². The van der Waals surface area contributed by atoms with Crippen LogP contribution >= 0.6 is 0 Å². The molecule has 2 heterocycles. The number of carboxylic acid groups (broad SMARTS) is 1. The van der Waals surface area contributed by atoms with Gasteiger partial charge in [-0.15, -0.1) is 0 Å². The third-order valence-electron chi connectivity index (χ3n) is 3.88. The smallest absolute Gasteiger partial charge is 0.352 e. The average Bonchev–Trinajstić information content (AvgIpc) is 2.81. The monoisotopic (exact) mass is 301 g/mol. The van der Waals surface area contributed by atoms with Crippen LogP contribution in [0.1, 0.15) is 58.7 Å². The number of pyridine rings is 1. The molecular formula is C16H15NO5. The van der Waals surface area contributed by atoms with Crippen molar-refractivity contribution in [3.8, 4) is 0 Å². The van der Waals surface area contributed by atoms with E-state index in [1.54, 1.807) is 12.1 Å². The third kappa shape index (κ3) is 2.16. The summed E-state index contributed by atoms with van der Waals surface area (Å²) in [7, 11) is 0. The minimum atomic E-state index is -1.22. The fourth-order valence-corrected chi connectivity index (χ4v) is 2.82. The number of hydrogen-bond acceptors (Lipinski definition) is 4. The number of aromatic nitrogens is 1. The number of benzene rings is 1. The first kappa shape index (κ1) is 14.3. The Bertz CT molecular complexity index is 836. The molecule has 2 N–H and O–H groups in total. The SMILES string of the molecule is CCCC[C@@H]1OC(=O)c2c1ccc1[nH]c(C(=O)O)cc(=O)c21. The number of nitrogens with one attached hydrogen (secondary N) is 1. The number of hydrogen-bond donors (Lipinski definition) is 2. The fourth-order valence-electron chi connectivity index (χ4n) is 2.82. The zero-order valence-corrected chi connectivity index (χ0v) is 12.0. The molecule has 0 saturated carbocycles. The van der Waals surface area contributed by atoms with E-state index < -0.39 is 17.4 Å². The number of carbonyl (C=O) groups excluding carboxylic acids is 1. The largest absolute Gasteiger partial charge is 0.477 e. The van der Waals surface area contributed by atoms with Crippen molar-refractivity contribution in [2.75, 3.05) is 0 Å². The summed E-state index contributed by atoms with van der Waals surface area (Å²) in [6.07, 6.45) is 2.29. The van der Waals surface area contributed by atoms with Gasteiger partial charge in [0, 0.05) is 11.6 Å². The number of carbonyl (C=O) groups is 2. The molecule has 0 spiro atoms. The van der Waals surface area contributed by atoms with E-state index in [0.29, 0.717) is 17.5 Å². The topological polar surface area (TPSA) is 96.5 Å². The van der Waals surface area contributed by atoms with E-state index in [9.17, 15) is 14.4 Å². The highest BCUT2D eigenvalue weighted by atomic mass is 16.5. The van der Waals surface area contributed by atoms with Crippen LogP contribution in [0, 0.1) is 0 Å². The molecule has 0 bridgehead atoms. The summed E-state index contributed by atoms with van der Waals surface area (Å²) in [5.41, 5.74) is 0.607. The summed E-state index contributed by atoms with van der Waals surface area (Å²) in [6.45, 7) is 2.05. The molecule has 0 unspecified atom stereocenters. The van der Waals surface area contributed by atoms with Gasteiger partial charge in [0.25, 0.3) is 0 Å². The Morgan fingerprint density at radius 2 is 2.14 bits per heavy atom. The summed E-state index contributed by atoms with van der Waals surface area (Å²) in [6, 6.07) is 4.35. The second kappa shape index (κ2) is 5.29. The maximum Gasteiger partial charge on any atom is 0.352 e. The Kier molecular flexibility index (Phi) is 3.44. The molecule has 0 amide bonds. The normalized spacial score (nSPS) is 16.6. The summed E-state index contributed by atoms with van der Waals surface area (Å²) in [5, 5.41) is 9.19. The number of unbranched alkanes of at least 4 members (excludes halogenated alkanes) is 1. The molecule has 0 radical (unpaired) electrons. The lowest BCUT2D eigenvalue weighted by atomic mass is 9.97. The Hall–Kier alpha value is -2.63. The van der Waals surface area contributed by atoms with Gasteiger partial charge in [-0.25, -0.2) is 9.59 Å². The molecular weight excluding hydrogens is 286 g/mol. The number of rotatable bonds is 4. The number of fused-ring (bicyclic) bond motifs is 3. The Labute approximate surface area is 125 Å². The summed E-state index contributed by atoms with van der Waals surface area (Å²) >= 11 is 0. The van der Waals surface area contributed by atoms with E-state index in [4.69, 9.17) is 9.84 Å². The van der Waals surface area contributed by atoms with Crippen molar-refractivity contribution < 1.29 is 19.4 Å². The van der Waals surface area contributed by atoms with Crippen LogP contribution in [0.4, 0.5) is 0 Å². The zero-order valence-electron chi connectivity index (χ0n) is 12.0. The molecule has 0 saturated heterocycles. The quantitative estimate of drug-likeness (QED) is 0.846. The first-order chi connectivity index (χ1) is 10.5. The summed E-state index contributed by atoms with van der Waals surface area (Å²) in [4.78, 5) is 38.0. The highest BCUT2D eigenvalue weighted by Gasteiger charge is 2.33. The predicted molar refractivity (Wildman–Crippen MR) is 79.2 cm³/mol. The van der Waals surface area contributed by atoms with Gasteiger partial charge in [-0.1, -0.05) is 19.4 Å². The van der Waals surface area contributed by atoms with Crippen LogP contribution in [0.5, 0.6) is 0 Å². The molecule has 6 nitrogen and oxygen atoms in total. The average molecular weight is 301 g/mol. The van der Waals surface area contributed by atoms with Crippen LogP contribution in [0.15, 0.2) is 23.0 Å². The van der Waals surface area contributed by atoms with Gasteiger partial charge in [0.15, 0.2) is 5.43 Å². The van der Waals surface area contributed by atoms with Crippen molar-refractivity contribution in [2.45, 2.75) is 32.3 Å². The van der Waals surface area contributed by atoms with Gasteiger partial charge in [-0.05, 0) is 18.9 Å². The molecule has 114 valence electrons. The number of cyclic esters (lactones) is 1. The van der Waals surface area contributed by atoms with Crippen LogP contribution < -0.4 is 5.43 Å². The van der Waals surface area contributed by atoms with Gasteiger partial charge in [0.05, 0.1) is 16.5 Å². The first-order valence-corrected chi connectivity index (χ1v) is 7.17. The Morgan fingerprint density at radius 3 is 2.82 bits per heavy atom. The van der Waals surface area contributed by atoms with E-state index in [1.807, 2.05) is 0 Å². The maximum absolute atomic E-state index is 12.2. The molecule has 22 heavy (non-hydrogen) atoms. The second-order valence-electron chi connectivity index (χ2n) is 5.34. The van der Waals surface area contributed by atoms with Crippen LogP contribution in [-0.4, -0.2) is 22.0 Å². The Morgan fingerprint density at radius 1 is 1.36 bits per heavy atom. The second-order valence-corrected chi connectivity index (χ2v) is 5.34. The molecule has 0 aliphatic carbocycles. The molecule has 2 aromatic rings. The highest BCUT2D eigenvalue weighted by molar-refractivity contribution is 6.07. The number of H-pyrrole nitrogens is 1. The molecule has 6 heteroatoms. The van der Waals surface area contributed by atoms with Gasteiger partial charge >= 0.3 is 11.9 Å². The summed E-state index contributed by atoms with van der Waals surface area (Å²) < 4.78 is 5.37. The molecule has 0 fully saturated rings. The van der Waals surface area contributed by atoms with Crippen LogP contribution in [-0.2, 0) is 4.74 Å². The lowest BCUT2D eigenvalue weighted by Crippen LogP contribution is -2.12. The summed E-state index contributed by atoms with van der Waals surface area (Å²) in [5.74, 6) is -1.74. The first-order valence-electron chi connectivity index (χ1n) is 7.17. The van der Waals surface area contributed by atoms with Gasteiger partial charge in [0.1, 0.15) is 11.8 Å². The zero-order chi connectivity index (χ0) is 15.9. The minimum absolute atomic E-state index is 0.200. The molecule has 1 atom stereocenters. The van der Waals surface area contributed by atoms with Crippen LogP contribution in [0.25, 0.3) is 10.9 Å². The van der Waals surface area contributed by atoms with E-state index in [1.165, 1.54) is 0 Å². The highest BCUT2D eigenvalue weighted by Crippen LogP contribution is 2.36. The lowest BCUT2D eigenvalue weighted by Gasteiger charge is -2.09. The van der Waals surface area contributed by atoms with Crippen molar-refractivity contribution >= 4 is 22.8 Å². The number of esters is 1. The van der Waals surface area contributed by atoms with E-state index in [-0.39, 0.29) is 22.7 Å². The minimum Gasteiger partial charge on any atom is -0.477 e. The van der Waals surface area contributed by atoms with Crippen molar-refractivity contribution in [3.05, 3.63) is 45.2 Å². The molecule has 1 aliphatic heterocycles. The number of aromatic amines is 1.